The molecular weight excluding hydrogens is 186 g/mol. The lowest BCUT2D eigenvalue weighted by atomic mass is 9.79. The summed E-state index contributed by atoms with van der Waals surface area (Å²) in [5.41, 5.74) is -0.669. The molecule has 0 aliphatic heterocycles. The van der Waals surface area contributed by atoms with Gasteiger partial charge in [0, 0.05) is 0 Å². The highest BCUT2D eigenvalue weighted by molar-refractivity contribution is 5.35. The summed E-state index contributed by atoms with van der Waals surface area (Å²) in [5, 5.41) is 9.85. The summed E-state index contributed by atoms with van der Waals surface area (Å²) in [6, 6.07) is 6.91. The molecule has 1 aromatic carbocycles. The zero-order valence-corrected chi connectivity index (χ0v) is 7.71. The van der Waals surface area contributed by atoms with Crippen molar-refractivity contribution in [3.8, 4) is 0 Å². The van der Waals surface area contributed by atoms with Crippen molar-refractivity contribution in [2.24, 2.45) is 0 Å². The predicted octanol–water partition coefficient (Wildman–Crippen LogP) is 2.48. The van der Waals surface area contributed by atoms with Crippen LogP contribution in [0.3, 0.4) is 0 Å². The van der Waals surface area contributed by atoms with Crippen molar-refractivity contribution in [3.63, 3.8) is 0 Å². The molecule has 0 bridgehead atoms. The summed E-state index contributed by atoms with van der Waals surface area (Å²) in [5.74, 6) is 0. The van der Waals surface area contributed by atoms with Gasteiger partial charge < -0.3 is 5.11 Å². The maximum Gasteiger partial charge on any atom is 0.270 e. The molecule has 1 aromatic rings. The number of halogens is 2. The molecule has 0 radical (unpaired) electrons. The first-order valence-corrected chi connectivity index (χ1v) is 4.73. The highest BCUT2D eigenvalue weighted by atomic mass is 19.3. The Labute approximate surface area is 81.4 Å². The number of aryl methyl sites for hydroxylation is 1. The van der Waals surface area contributed by atoms with Crippen LogP contribution in [0.2, 0.25) is 0 Å². The van der Waals surface area contributed by atoms with Crippen LogP contribution in [0.25, 0.3) is 0 Å². The molecule has 1 aliphatic carbocycles. The predicted molar refractivity (Wildman–Crippen MR) is 49.3 cm³/mol. The van der Waals surface area contributed by atoms with Gasteiger partial charge in [-0.15, -0.1) is 0 Å². The maximum absolute atomic E-state index is 12.7. The molecule has 3 heteroatoms. The first-order valence-electron chi connectivity index (χ1n) is 4.73. The van der Waals surface area contributed by atoms with E-state index in [2.05, 4.69) is 0 Å². The van der Waals surface area contributed by atoms with Crippen LogP contribution in [-0.2, 0) is 12.0 Å². The highest BCUT2D eigenvalue weighted by Crippen LogP contribution is 2.39. The summed E-state index contributed by atoms with van der Waals surface area (Å²) in [4.78, 5) is 0. The quantitative estimate of drug-likeness (QED) is 0.735. The fourth-order valence-electron chi connectivity index (χ4n) is 2.07. The third kappa shape index (κ3) is 1.32. The minimum Gasteiger partial charge on any atom is -0.379 e. The van der Waals surface area contributed by atoms with E-state index in [9.17, 15) is 13.9 Å². The zero-order valence-electron chi connectivity index (χ0n) is 7.71. The molecule has 1 N–H and O–H groups in total. The van der Waals surface area contributed by atoms with Crippen molar-refractivity contribution in [3.05, 3.63) is 35.4 Å². The van der Waals surface area contributed by atoms with E-state index in [-0.39, 0.29) is 6.42 Å². The van der Waals surface area contributed by atoms with Crippen molar-refractivity contribution in [2.45, 2.75) is 31.3 Å². The van der Waals surface area contributed by atoms with E-state index in [1.807, 2.05) is 12.1 Å². The SMILES string of the molecule is OC1(C(F)F)CCCc2ccccc21. The fraction of sp³-hybridized carbons (Fsp3) is 0.455. The standard InChI is InChI=1S/C11H12F2O/c12-10(13)11(14)7-3-5-8-4-1-2-6-9(8)11/h1-2,4,6,10,14H,3,5,7H2. The lowest BCUT2D eigenvalue weighted by Gasteiger charge is -2.33. The van der Waals surface area contributed by atoms with Gasteiger partial charge in [0.25, 0.3) is 6.43 Å². The Balaban J connectivity index is 2.50. The lowest BCUT2D eigenvalue weighted by Crippen LogP contribution is -2.37. The summed E-state index contributed by atoms with van der Waals surface area (Å²) in [7, 11) is 0. The third-order valence-electron chi connectivity index (χ3n) is 2.85. The number of hydrogen-bond donors (Lipinski definition) is 1. The van der Waals surface area contributed by atoms with E-state index < -0.39 is 12.0 Å². The number of alkyl halides is 2. The van der Waals surface area contributed by atoms with Gasteiger partial charge in [-0.05, 0) is 30.4 Å². The van der Waals surface area contributed by atoms with E-state index in [0.717, 1.165) is 12.0 Å². The molecule has 0 spiro atoms. The number of fused-ring (bicyclic) bond motifs is 1. The van der Waals surface area contributed by atoms with Crippen LogP contribution >= 0.6 is 0 Å². The van der Waals surface area contributed by atoms with Crippen LogP contribution in [0.5, 0.6) is 0 Å². The average Bonchev–Trinajstić information content (AvgIpc) is 2.18. The number of hydrogen-bond acceptors (Lipinski definition) is 1. The van der Waals surface area contributed by atoms with Gasteiger partial charge >= 0.3 is 0 Å². The van der Waals surface area contributed by atoms with Gasteiger partial charge in [0.1, 0.15) is 0 Å². The molecule has 1 unspecified atom stereocenters. The van der Waals surface area contributed by atoms with Crippen LogP contribution < -0.4 is 0 Å². The van der Waals surface area contributed by atoms with E-state index in [1.165, 1.54) is 0 Å². The fourth-order valence-corrected chi connectivity index (χ4v) is 2.07. The highest BCUT2D eigenvalue weighted by Gasteiger charge is 2.42. The molecular formula is C11H12F2O. The normalized spacial score (nSPS) is 26.3. The maximum atomic E-state index is 12.7. The second-order valence-corrected chi connectivity index (χ2v) is 3.74. The third-order valence-corrected chi connectivity index (χ3v) is 2.85. The summed E-state index contributed by atoms with van der Waals surface area (Å²) in [6.45, 7) is 0. The number of aliphatic hydroxyl groups is 1. The summed E-state index contributed by atoms with van der Waals surface area (Å²) < 4.78 is 25.5. The second kappa shape index (κ2) is 3.31. The molecule has 14 heavy (non-hydrogen) atoms. The van der Waals surface area contributed by atoms with Gasteiger partial charge in [0.2, 0.25) is 0 Å². The van der Waals surface area contributed by atoms with Crippen molar-refractivity contribution >= 4 is 0 Å². The number of benzene rings is 1. The monoisotopic (exact) mass is 198 g/mol. The van der Waals surface area contributed by atoms with Crippen LogP contribution in [0, 0.1) is 0 Å². The van der Waals surface area contributed by atoms with Crippen molar-refractivity contribution in [1.82, 2.24) is 0 Å². The lowest BCUT2D eigenvalue weighted by molar-refractivity contribution is -0.112. The van der Waals surface area contributed by atoms with Gasteiger partial charge in [-0.2, -0.15) is 0 Å². The van der Waals surface area contributed by atoms with Gasteiger partial charge in [-0.1, -0.05) is 24.3 Å². The van der Waals surface area contributed by atoms with Crippen molar-refractivity contribution in [1.29, 1.82) is 0 Å². The minimum atomic E-state index is -2.70. The van der Waals surface area contributed by atoms with Crippen molar-refractivity contribution < 1.29 is 13.9 Å². The molecule has 0 saturated heterocycles. The van der Waals surface area contributed by atoms with E-state index in [0.29, 0.717) is 12.0 Å². The largest absolute Gasteiger partial charge is 0.379 e. The Bertz CT molecular complexity index is 338. The topological polar surface area (TPSA) is 20.2 Å². The van der Waals surface area contributed by atoms with Gasteiger partial charge in [0.15, 0.2) is 5.60 Å². The van der Waals surface area contributed by atoms with Gasteiger partial charge in [-0.3, -0.25) is 0 Å². The molecule has 2 rings (SSSR count). The van der Waals surface area contributed by atoms with Crippen LogP contribution in [0.1, 0.15) is 24.0 Å². The van der Waals surface area contributed by atoms with Crippen LogP contribution in [-0.4, -0.2) is 11.5 Å². The summed E-state index contributed by atoms with van der Waals surface area (Å²) in [6.07, 6.45) is -1.14. The van der Waals surface area contributed by atoms with Crippen LogP contribution in [0.4, 0.5) is 8.78 Å². The Morgan fingerprint density at radius 2 is 2.00 bits per heavy atom. The number of rotatable bonds is 1. The summed E-state index contributed by atoms with van der Waals surface area (Å²) >= 11 is 0. The van der Waals surface area contributed by atoms with Gasteiger partial charge in [0.05, 0.1) is 0 Å². The van der Waals surface area contributed by atoms with Crippen LogP contribution in [0.15, 0.2) is 24.3 Å². The first-order chi connectivity index (χ1) is 6.64. The van der Waals surface area contributed by atoms with E-state index in [4.69, 9.17) is 0 Å². The molecule has 76 valence electrons. The first kappa shape index (κ1) is 9.59. The molecule has 1 nitrogen and oxygen atoms in total. The Hall–Kier alpha value is -0.960. The Morgan fingerprint density at radius 3 is 2.71 bits per heavy atom. The smallest absolute Gasteiger partial charge is 0.270 e. The van der Waals surface area contributed by atoms with E-state index in [1.54, 1.807) is 12.1 Å². The molecule has 0 aromatic heterocycles. The molecule has 1 aliphatic rings. The second-order valence-electron chi connectivity index (χ2n) is 3.74. The van der Waals surface area contributed by atoms with Gasteiger partial charge in [-0.25, -0.2) is 8.78 Å². The Kier molecular flexibility index (Phi) is 2.27. The minimum absolute atomic E-state index is 0.154. The average molecular weight is 198 g/mol. The molecule has 0 fully saturated rings. The molecule has 0 saturated carbocycles. The molecule has 1 atom stereocenters. The molecule has 0 heterocycles. The molecule has 0 amide bonds. The Morgan fingerprint density at radius 1 is 1.29 bits per heavy atom. The van der Waals surface area contributed by atoms with E-state index >= 15 is 0 Å². The van der Waals surface area contributed by atoms with Crippen molar-refractivity contribution in [2.75, 3.05) is 0 Å². The zero-order chi connectivity index (χ0) is 10.2.